The number of fused-ring (bicyclic) bond motifs is 3. The van der Waals surface area contributed by atoms with Crippen LogP contribution in [-0.4, -0.2) is 74.2 Å². The van der Waals surface area contributed by atoms with E-state index in [4.69, 9.17) is 9.05 Å². The Morgan fingerprint density at radius 3 is 1.41 bits per heavy atom. The van der Waals surface area contributed by atoms with Gasteiger partial charge >= 0.3 is 0 Å². The Bertz CT molecular complexity index is 5610. The van der Waals surface area contributed by atoms with Crippen molar-refractivity contribution in [2.45, 2.75) is 245 Å². The molecule has 15 rings (SSSR count). The summed E-state index contributed by atoms with van der Waals surface area (Å²) >= 11 is 0. The average molecular weight is 1700 g/mol. The van der Waals surface area contributed by atoms with Gasteiger partial charge in [-0.1, -0.05) is 303 Å². The summed E-state index contributed by atoms with van der Waals surface area (Å²) in [5.41, 5.74) is 18.9. The topological polar surface area (TPSA) is 238 Å². The Labute approximate surface area is 750 Å². The number of hydrogen-bond donors (Lipinski definition) is 2. The molecular formula is C107H141N15O4. The van der Waals surface area contributed by atoms with Crippen LogP contribution in [0.25, 0.3) is 45.1 Å². The number of anilines is 1. The second kappa shape index (κ2) is 44.5. The Morgan fingerprint density at radius 2 is 0.921 bits per heavy atom. The summed E-state index contributed by atoms with van der Waals surface area (Å²) in [6, 6.07) is 66.0. The van der Waals surface area contributed by atoms with Crippen molar-refractivity contribution >= 4 is 22.5 Å². The molecule has 0 fully saturated rings. The van der Waals surface area contributed by atoms with E-state index in [1.807, 2.05) is 97.5 Å². The lowest BCUT2D eigenvalue weighted by Gasteiger charge is -2.18. The molecule has 2 N–H and O–H groups in total. The average Bonchev–Trinajstić information content (AvgIpc) is 1.68. The van der Waals surface area contributed by atoms with Gasteiger partial charge in [-0.25, -0.2) is 14.3 Å². The van der Waals surface area contributed by atoms with E-state index < -0.39 is 0 Å². The number of aliphatic hydroxyl groups is 1. The fourth-order valence-electron chi connectivity index (χ4n) is 13.8. The molecule has 0 saturated carbocycles. The summed E-state index contributed by atoms with van der Waals surface area (Å²) in [7, 11) is 0. The third kappa shape index (κ3) is 36.6. The van der Waals surface area contributed by atoms with Gasteiger partial charge < -0.3 is 19.5 Å². The number of para-hydroxylation sites is 2. The van der Waals surface area contributed by atoms with Crippen LogP contribution in [0.4, 0.5) is 5.69 Å². The van der Waals surface area contributed by atoms with Gasteiger partial charge in [-0.3, -0.25) is 29.7 Å². The minimum Gasteiger partial charge on any atom is -0.392 e. The molecule has 2 aliphatic heterocycles. The van der Waals surface area contributed by atoms with Crippen LogP contribution in [0.5, 0.6) is 0 Å². The van der Waals surface area contributed by atoms with Gasteiger partial charge in [0.2, 0.25) is 17.6 Å². The van der Waals surface area contributed by atoms with E-state index in [1.165, 1.54) is 38.9 Å². The number of aliphatic hydroxyl groups excluding tert-OH is 1. The van der Waals surface area contributed by atoms with Gasteiger partial charge in [-0.05, 0) is 208 Å². The van der Waals surface area contributed by atoms with E-state index in [1.54, 1.807) is 23.5 Å². The molecule has 126 heavy (non-hydrogen) atoms. The molecule has 0 bridgehead atoms. The molecule has 0 saturated heterocycles. The van der Waals surface area contributed by atoms with Crippen molar-refractivity contribution in [3.63, 3.8) is 0 Å². The number of pyridine rings is 1. The van der Waals surface area contributed by atoms with Gasteiger partial charge in [-0.15, -0.1) is 0 Å². The maximum atomic E-state index is 11.8. The highest BCUT2D eigenvalue weighted by Gasteiger charge is 2.23. The molecule has 19 heteroatoms. The van der Waals surface area contributed by atoms with E-state index in [9.17, 15) is 9.90 Å². The first-order valence-electron chi connectivity index (χ1n) is 44.1. The molecule has 0 unspecified atom stereocenters. The molecule has 0 atom stereocenters. The minimum atomic E-state index is -0.0346. The van der Waals surface area contributed by atoms with E-state index in [0.717, 1.165) is 117 Å². The summed E-state index contributed by atoms with van der Waals surface area (Å²) in [4.78, 5) is 46.4. The number of benzene rings is 8. The largest absolute Gasteiger partial charge is 0.392 e. The number of aryl methyl sites for hydroxylation is 3. The molecule has 5 aromatic heterocycles. The number of aromatic nitrogens is 10. The highest BCUT2D eigenvalue weighted by molar-refractivity contribution is 5.92. The van der Waals surface area contributed by atoms with Crippen LogP contribution in [-0.2, 0) is 56.3 Å². The Morgan fingerprint density at radius 1 is 0.429 bits per heavy atom. The maximum absolute atomic E-state index is 11.8. The molecule has 0 spiro atoms. The summed E-state index contributed by atoms with van der Waals surface area (Å²) in [5, 5.41) is 34.0. The van der Waals surface area contributed by atoms with Crippen LogP contribution in [0.3, 0.4) is 0 Å². The number of nitrogens with zero attached hydrogens (tertiary/aromatic N) is 14. The monoisotopic (exact) mass is 1700 g/mol. The molecule has 19 nitrogen and oxygen atoms in total. The van der Waals surface area contributed by atoms with Crippen molar-refractivity contribution in [1.82, 2.24) is 49.8 Å². The first-order chi connectivity index (χ1) is 58.9. The van der Waals surface area contributed by atoms with E-state index in [-0.39, 0.29) is 28.8 Å². The lowest BCUT2D eigenvalue weighted by atomic mass is 9.88. The summed E-state index contributed by atoms with van der Waals surface area (Å²) in [5.74, 6) is 2.63. The predicted molar refractivity (Wildman–Crippen MR) is 515 cm³/mol. The highest BCUT2D eigenvalue weighted by Crippen LogP contribution is 2.30. The van der Waals surface area contributed by atoms with E-state index in [2.05, 4.69) is 360 Å². The zero-order valence-electron chi connectivity index (χ0n) is 80.5. The molecular weight excluding hydrogens is 1560 g/mol. The molecule has 0 aliphatic carbocycles. The van der Waals surface area contributed by atoms with Crippen LogP contribution < -0.4 is 26.7 Å². The van der Waals surface area contributed by atoms with Gasteiger partial charge in [0.15, 0.2) is 5.82 Å². The quantitative estimate of drug-likeness (QED) is 0.103. The molecule has 8 aromatic carbocycles. The van der Waals surface area contributed by atoms with Crippen LogP contribution in [0.1, 0.15) is 235 Å². The fourth-order valence-corrected chi connectivity index (χ4v) is 13.8. The lowest BCUT2D eigenvalue weighted by Crippen LogP contribution is -2.23. The Balaban J connectivity index is 0.000000178. The van der Waals surface area contributed by atoms with Gasteiger partial charge in [0.1, 0.15) is 26.0 Å². The van der Waals surface area contributed by atoms with Crippen molar-refractivity contribution in [2.24, 2.45) is 63.3 Å². The summed E-state index contributed by atoms with van der Waals surface area (Å²) in [6.45, 7) is 60.1. The maximum Gasteiger partial charge on any atom is 0.258 e. The summed E-state index contributed by atoms with van der Waals surface area (Å²) in [6.07, 6.45) is 14.5. The number of hydrogen-bond acceptors (Lipinski definition) is 16. The van der Waals surface area contributed by atoms with Crippen LogP contribution in [0.2, 0.25) is 0 Å². The number of rotatable bonds is 14. The normalized spacial score (nSPS) is 12.3. The third-order valence-corrected chi connectivity index (χ3v) is 19.1. The van der Waals surface area contributed by atoms with Crippen LogP contribution >= 0.6 is 0 Å². The SMILES string of the molecule is CC(C)(C)Cc1ccc(-n2cccn2)cc1.CC(C)(C)Cc1ccc(-n2cncn2)cc1.CC(C)(C)Cc1ccc2c(c1)=NCN=2.CC(C)(C)Cc1ccc2c(c1)=NCN=2.CC(C)(C)Cc1ccc2ccccc2n1.CC(C)(C)Cc1noc(-c2ccccc2CO)n1.Cc1ccc(-c2noc(CC(C)(C)C)n2)cc1.Cc1cccc(C)c1NC(=O)CC(C)(C)C. The molecule has 13 aromatic rings. The standard InChI is InChI=1S/C14H18N2O2.C14H18N2O.C14H18N2.C14H21NO.C14H17N.C13H17N3.2C12H16N2/c1-14(2,3)8-12-15-13(18-16-12)11-7-5-4-6-10(11)9-17;1-10-5-7-11(8-6-10)13-15-12(17-16-13)9-14(2,3)4;1-14(2,3)11-12-5-7-13(8-6-12)16-10-4-9-15-16;1-10-7-6-8-11(2)13(10)15-12(16)9-14(3,4)5;1-14(2,3)10-12-9-8-11-6-4-5-7-13(11)15-12;1-13(2,3)8-11-4-6-12(7-5-11)16-10-14-9-15-16;2*1-12(2,3)7-9-4-5-10-11(6-9)14-8-13-10/h4-7,17H,8-9H2,1-3H3;5-8H,9H2,1-4H3;4-10H,11H2,1-3H3;6-8H,9H2,1-5H3,(H,15,16);4-9H,10H2,1-3H3;4-7,9-10H,8H2,1-3H3;2*4-6H,7-8H2,1-3H3. The Kier molecular flexibility index (Phi) is 35.3. The molecule has 2 aliphatic rings. The smallest absolute Gasteiger partial charge is 0.258 e. The number of carbonyl (C=O) groups excluding carboxylic acids is 1. The highest BCUT2D eigenvalue weighted by atomic mass is 16.5. The zero-order valence-corrected chi connectivity index (χ0v) is 80.5. The second-order valence-corrected chi connectivity index (χ2v) is 42.6. The van der Waals surface area contributed by atoms with Gasteiger partial charge in [0, 0.05) is 59.6 Å². The van der Waals surface area contributed by atoms with Gasteiger partial charge in [-0.2, -0.15) is 20.2 Å². The van der Waals surface area contributed by atoms with Gasteiger partial charge in [0.25, 0.3) is 5.89 Å². The van der Waals surface area contributed by atoms with Gasteiger partial charge in [0.05, 0.1) is 44.9 Å². The first-order valence-corrected chi connectivity index (χ1v) is 44.1. The molecule has 0 radical (unpaired) electrons. The van der Waals surface area contributed by atoms with E-state index in [0.29, 0.717) is 70.3 Å². The number of carbonyl (C=O) groups is 1. The van der Waals surface area contributed by atoms with Crippen molar-refractivity contribution in [3.8, 4) is 34.2 Å². The first kappa shape index (κ1) is 99.8. The molecule has 668 valence electrons. The van der Waals surface area contributed by atoms with Crippen molar-refractivity contribution in [1.29, 1.82) is 0 Å². The van der Waals surface area contributed by atoms with Crippen LogP contribution in [0, 0.1) is 64.1 Å². The second-order valence-electron chi connectivity index (χ2n) is 42.6. The number of nitrogens with one attached hydrogen (secondary N) is 1. The fraction of sp³-hybridized carbons (Fsp3) is 0.430. The number of amides is 1. The van der Waals surface area contributed by atoms with E-state index >= 15 is 0 Å². The molecule has 1 amide bonds. The van der Waals surface area contributed by atoms with Crippen LogP contribution in [0.15, 0.2) is 248 Å². The minimum absolute atomic E-state index is 0.0284. The zero-order chi connectivity index (χ0) is 92.4. The lowest BCUT2D eigenvalue weighted by molar-refractivity contribution is -0.117. The molecule has 7 heterocycles. The summed E-state index contributed by atoms with van der Waals surface area (Å²) < 4.78 is 14.2. The third-order valence-electron chi connectivity index (χ3n) is 19.1. The van der Waals surface area contributed by atoms with Crippen molar-refractivity contribution in [3.05, 3.63) is 303 Å². The predicted octanol–water partition coefficient (Wildman–Crippen LogP) is 23.2. The van der Waals surface area contributed by atoms with Crippen molar-refractivity contribution in [2.75, 3.05) is 18.7 Å². The Hall–Kier alpha value is -11.6. The van der Waals surface area contributed by atoms with Crippen molar-refractivity contribution < 1.29 is 18.9 Å².